The molecule has 78 heavy (non-hydrogen) atoms. The zero-order chi connectivity index (χ0) is 61.7. The molecular weight excluding hydrogens is 1240 g/mol. The highest BCUT2D eigenvalue weighted by atomic mass is 32.3. The van der Waals surface area contributed by atoms with Crippen molar-refractivity contribution < 1.29 is 116 Å². The van der Waals surface area contributed by atoms with Gasteiger partial charge in [0.05, 0.1) is 16.1 Å². The fraction of sp³-hybridized carbons (Fsp3) is 0.442. The summed E-state index contributed by atoms with van der Waals surface area (Å²) >= 11 is 0. The van der Waals surface area contributed by atoms with Gasteiger partial charge in [-0.25, -0.2) is 50.5 Å². The van der Waals surface area contributed by atoms with E-state index in [0.29, 0.717) is 29.6 Å². The molecule has 3 aromatic rings. The maximum Gasteiger partial charge on any atom is 0.499 e. The van der Waals surface area contributed by atoms with Crippen molar-refractivity contribution >= 4 is 104 Å². The molecule has 0 heterocycles. The first-order valence-corrected chi connectivity index (χ1v) is 37.4. The van der Waals surface area contributed by atoms with E-state index >= 15 is 0 Å². The van der Waals surface area contributed by atoms with E-state index in [1.54, 1.807) is 43.4 Å². The Hall–Kier alpha value is -4.04. The van der Waals surface area contributed by atoms with E-state index in [1.165, 1.54) is 19.1 Å². The van der Waals surface area contributed by atoms with Crippen molar-refractivity contribution in [2.24, 2.45) is 0 Å². The van der Waals surface area contributed by atoms with Gasteiger partial charge >= 0.3 is 27.5 Å². The van der Waals surface area contributed by atoms with Gasteiger partial charge in [-0.1, -0.05) is 167 Å². The molecule has 0 N–H and O–H groups in total. The van der Waals surface area contributed by atoms with Gasteiger partial charge < -0.3 is 0 Å². The Morgan fingerprint density at radius 2 is 0.731 bits per heavy atom. The molecule has 0 aliphatic rings. The predicted molar refractivity (Wildman–Crippen MR) is 272 cm³/mol. The van der Waals surface area contributed by atoms with Crippen LogP contribution in [0.4, 0.5) is 65.9 Å². The lowest BCUT2D eigenvalue weighted by Crippen LogP contribution is -2.50. The van der Waals surface area contributed by atoms with Crippen LogP contribution < -0.4 is 10.4 Å². The van der Waals surface area contributed by atoms with Gasteiger partial charge in [0.2, 0.25) is 4.58 Å². The number of rotatable bonds is 19. The topological polar surface area (TPSA) is 205 Å². The van der Waals surface area contributed by atoms with Crippen molar-refractivity contribution in [3.8, 4) is 0 Å². The van der Waals surface area contributed by atoms with E-state index in [-0.39, 0.29) is 12.0 Å². The van der Waals surface area contributed by atoms with E-state index in [1.807, 2.05) is 37.4 Å². The molecule has 3 aromatic carbocycles. The molecule has 0 radical (unpaired) electrons. The number of hydrogen-bond acceptors (Lipinski definition) is 12. The summed E-state index contributed by atoms with van der Waals surface area (Å²) in [6, 6.07) is 17.6. The van der Waals surface area contributed by atoms with Gasteiger partial charge in [-0.05, 0) is 40.6 Å². The minimum atomic E-state index is -6.69. The zero-order valence-electron chi connectivity index (χ0n) is 41.4. The van der Waals surface area contributed by atoms with Gasteiger partial charge in [0, 0.05) is 6.26 Å². The summed E-state index contributed by atoms with van der Waals surface area (Å²) in [6.45, 7) is 19.0. The predicted octanol–water partition coefficient (Wildman–Crippen LogP) is 10.7. The van der Waals surface area contributed by atoms with Crippen molar-refractivity contribution in [3.05, 3.63) is 115 Å². The Kier molecular flexibility index (Phi) is 23.1. The molecule has 0 fully saturated rings. The third-order valence-corrected chi connectivity index (χ3v) is 33.6. The van der Waals surface area contributed by atoms with Crippen LogP contribution in [0.25, 0.3) is 18.2 Å². The van der Waals surface area contributed by atoms with Gasteiger partial charge in [0.25, 0.3) is 49.2 Å². The smallest absolute Gasteiger partial charge is 0.228 e. The highest BCUT2D eigenvalue weighted by molar-refractivity contribution is 8.10. The molecule has 2 unspecified atom stereocenters. The first-order chi connectivity index (χ1) is 34.6. The standard InChI is InChI=1S/C16H20F6O4S2Si.C16H23F3O4S2Si.C11H8F6O4S2/c1-5-12-6-8-13(9-7-12)29(3,4)11(2)10-14(27(23,24)15(17,18)19)28(25,26)16(20,21)22;1-5-13-8-10-14(11-9-13)26(3,4)12-6-7-15(24(2,20)21)25(22,23)16(17,18)19;1-2-7-3-5-8(6-4-7)9(22(18,19)10(12,13)14)23(20,21)11(15,16)17/h5-9,11,14H,1,10H2,2-4H3;5,8-11,15H,1,6-7,12H2,2-4H3;2-6,9H,1H2. The van der Waals surface area contributed by atoms with Crippen LogP contribution in [-0.4, -0.2) is 110 Å². The van der Waals surface area contributed by atoms with E-state index < -0.39 is 140 Å². The summed E-state index contributed by atoms with van der Waals surface area (Å²) < 4.78 is 320. The van der Waals surface area contributed by atoms with Gasteiger partial charge in [-0.2, -0.15) is 65.9 Å². The normalized spacial score (nSPS) is 14.8. The number of hydrogen-bond donors (Lipinski definition) is 0. The molecule has 0 saturated carbocycles. The first-order valence-electron chi connectivity index (χ1n) is 21.5. The Morgan fingerprint density at radius 3 is 1.01 bits per heavy atom. The highest BCUT2D eigenvalue weighted by Crippen LogP contribution is 2.45. The van der Waals surface area contributed by atoms with Gasteiger partial charge in [0.1, 0.15) is 0 Å². The fourth-order valence-corrected chi connectivity index (χ4v) is 22.8. The quantitative estimate of drug-likeness (QED) is 0.0812. The van der Waals surface area contributed by atoms with Crippen LogP contribution in [0.2, 0.25) is 37.8 Å². The average molecular weight is 1290 g/mol. The molecule has 0 aliphatic heterocycles. The largest absolute Gasteiger partial charge is 0.499 e. The summed E-state index contributed by atoms with van der Waals surface area (Å²) in [4.78, 5) is 0. The molecule has 0 aromatic heterocycles. The third-order valence-electron chi connectivity index (χ3n) is 12.0. The van der Waals surface area contributed by atoms with Crippen molar-refractivity contribution in [2.45, 2.75) is 105 Å². The molecule has 35 heteroatoms. The van der Waals surface area contributed by atoms with Crippen molar-refractivity contribution in [1.82, 2.24) is 0 Å². The second-order valence-electron chi connectivity index (χ2n) is 18.1. The Bertz CT molecular complexity index is 3200. The van der Waals surface area contributed by atoms with Crippen molar-refractivity contribution in [1.29, 1.82) is 0 Å². The molecule has 444 valence electrons. The summed E-state index contributed by atoms with van der Waals surface area (Å²) in [7, 11) is -41.7. The molecule has 0 aliphatic carbocycles. The lowest BCUT2D eigenvalue weighted by Gasteiger charge is -2.33. The zero-order valence-corrected chi connectivity index (χ0v) is 48.3. The molecular formula is C43H51F15O12S6Si2. The molecule has 2 atom stereocenters. The molecule has 0 bridgehead atoms. The third kappa shape index (κ3) is 17.0. The van der Waals surface area contributed by atoms with Gasteiger partial charge in [-0.15, -0.1) is 0 Å². The number of sulfone groups is 6. The molecule has 0 amide bonds. The van der Waals surface area contributed by atoms with E-state index in [4.69, 9.17) is 0 Å². The average Bonchev–Trinajstić information content (AvgIpc) is 3.27. The van der Waals surface area contributed by atoms with Crippen LogP contribution >= 0.6 is 0 Å². The minimum Gasteiger partial charge on any atom is -0.228 e. The van der Waals surface area contributed by atoms with Crippen LogP contribution in [0, 0.1) is 0 Å². The van der Waals surface area contributed by atoms with Crippen molar-refractivity contribution in [3.63, 3.8) is 0 Å². The van der Waals surface area contributed by atoms with E-state index in [2.05, 4.69) is 19.7 Å². The number of alkyl halides is 15. The summed E-state index contributed by atoms with van der Waals surface area (Å²) in [5, 5.41) is 1.67. The van der Waals surface area contributed by atoms with Crippen LogP contribution in [-0.2, 0) is 59.0 Å². The van der Waals surface area contributed by atoms with E-state index in [0.717, 1.165) is 28.4 Å². The fourth-order valence-electron chi connectivity index (χ4n) is 6.87. The van der Waals surface area contributed by atoms with Gasteiger partial charge in [0.15, 0.2) is 19.0 Å². The maximum atomic E-state index is 12.9. The monoisotopic (exact) mass is 1290 g/mol. The second kappa shape index (κ2) is 25.0. The van der Waals surface area contributed by atoms with E-state index in [9.17, 15) is 116 Å². The Labute approximate surface area is 444 Å². The van der Waals surface area contributed by atoms with Crippen LogP contribution in [0.1, 0.15) is 53.0 Å². The summed E-state index contributed by atoms with van der Waals surface area (Å²) in [5.41, 5.74) is -30.6. The minimum absolute atomic E-state index is 0.0788. The number of halogens is 15. The Balaban J connectivity index is 0.000000589. The molecule has 0 spiro atoms. The molecule has 0 saturated heterocycles. The lowest BCUT2D eigenvalue weighted by atomic mass is 10.1. The van der Waals surface area contributed by atoms with Crippen LogP contribution in [0.5, 0.6) is 0 Å². The molecule has 3 rings (SSSR count). The number of benzene rings is 3. The molecule has 12 nitrogen and oxygen atoms in total. The first kappa shape index (κ1) is 72.0. The second-order valence-corrected chi connectivity index (χ2v) is 41.5. The Morgan fingerprint density at radius 1 is 0.449 bits per heavy atom. The van der Waals surface area contributed by atoms with Crippen LogP contribution in [0.15, 0.2) is 92.5 Å². The van der Waals surface area contributed by atoms with Crippen LogP contribution in [0.3, 0.4) is 0 Å². The lowest BCUT2D eigenvalue weighted by molar-refractivity contribution is -0.0484. The van der Waals surface area contributed by atoms with Crippen molar-refractivity contribution in [2.75, 3.05) is 6.26 Å². The highest BCUT2D eigenvalue weighted by Gasteiger charge is 2.65. The summed E-state index contributed by atoms with van der Waals surface area (Å²) in [6.07, 6.45) is 3.11. The SMILES string of the molecule is C=Cc1ccc(C(S(=O)(=O)C(F)(F)F)S(=O)(=O)C(F)(F)F)cc1.C=Cc1ccc([Si](C)(C)C(C)CC(S(=O)(=O)C(F)(F)F)S(=O)(=O)C(F)(F)F)cc1.C=Cc1ccc([Si](C)(C)CCCC(S(C)(=O)=O)S(=O)(=O)C(F)(F)F)cc1. The summed E-state index contributed by atoms with van der Waals surface area (Å²) in [5.74, 6) is 0. The van der Waals surface area contributed by atoms with Gasteiger partial charge in [-0.3, -0.25) is 0 Å². The maximum absolute atomic E-state index is 12.9.